The fraction of sp³-hybridized carbons (Fsp3) is 0.316. The molecule has 2 aromatic carbocycles. The van der Waals surface area contributed by atoms with Crippen LogP contribution in [0.2, 0.25) is 0 Å². The molecule has 112 valence electrons. The van der Waals surface area contributed by atoms with E-state index in [4.69, 9.17) is 10.00 Å². The summed E-state index contributed by atoms with van der Waals surface area (Å²) in [7, 11) is 0. The smallest absolute Gasteiger partial charge is 0.127 e. The first kappa shape index (κ1) is 14.6. The van der Waals surface area contributed by atoms with Gasteiger partial charge in [0.2, 0.25) is 0 Å². The zero-order chi connectivity index (χ0) is 15.2. The van der Waals surface area contributed by atoms with Crippen molar-refractivity contribution in [3.8, 4) is 17.6 Å². The molecular weight excluding hydrogens is 272 g/mol. The van der Waals surface area contributed by atoms with Crippen LogP contribution in [-0.2, 0) is 6.42 Å². The predicted molar refractivity (Wildman–Crippen MR) is 87.0 cm³/mol. The van der Waals surface area contributed by atoms with Crippen molar-refractivity contribution in [2.45, 2.75) is 19.3 Å². The molecule has 0 radical (unpaired) electrons. The monoisotopic (exact) mass is 292 g/mol. The lowest BCUT2D eigenvalue weighted by atomic mass is 9.91. The number of nitrogens with one attached hydrogen (secondary N) is 1. The highest BCUT2D eigenvalue weighted by molar-refractivity contribution is 5.38. The van der Waals surface area contributed by atoms with Crippen molar-refractivity contribution in [3.05, 3.63) is 59.7 Å². The van der Waals surface area contributed by atoms with Crippen LogP contribution in [0.15, 0.2) is 48.5 Å². The Kier molecular flexibility index (Phi) is 4.72. The maximum Gasteiger partial charge on any atom is 0.127 e. The Morgan fingerprint density at radius 2 is 1.55 bits per heavy atom. The van der Waals surface area contributed by atoms with Gasteiger partial charge in [0.1, 0.15) is 11.5 Å². The number of hydrogen-bond donors (Lipinski definition) is 1. The molecule has 1 N–H and O–H groups in total. The molecule has 0 aliphatic carbocycles. The molecule has 22 heavy (non-hydrogen) atoms. The van der Waals surface area contributed by atoms with E-state index in [1.807, 2.05) is 24.3 Å². The quantitative estimate of drug-likeness (QED) is 0.929. The van der Waals surface area contributed by atoms with Crippen molar-refractivity contribution in [1.29, 1.82) is 5.26 Å². The summed E-state index contributed by atoms with van der Waals surface area (Å²) in [5, 5.41) is 12.2. The van der Waals surface area contributed by atoms with E-state index >= 15 is 0 Å². The largest absolute Gasteiger partial charge is 0.457 e. The van der Waals surface area contributed by atoms with Crippen molar-refractivity contribution in [2.75, 3.05) is 13.1 Å². The zero-order valence-corrected chi connectivity index (χ0v) is 12.6. The van der Waals surface area contributed by atoms with Crippen LogP contribution in [0.5, 0.6) is 11.5 Å². The van der Waals surface area contributed by atoms with Gasteiger partial charge in [0.05, 0.1) is 11.6 Å². The SMILES string of the molecule is N#Cc1ccc(Oc2ccc(CC3CCNCC3)cc2)cc1. The van der Waals surface area contributed by atoms with Gasteiger partial charge in [-0.15, -0.1) is 0 Å². The molecule has 1 aliphatic heterocycles. The minimum Gasteiger partial charge on any atom is -0.457 e. The molecular formula is C19H20N2O. The Morgan fingerprint density at radius 1 is 0.955 bits per heavy atom. The second kappa shape index (κ2) is 7.11. The fourth-order valence-electron chi connectivity index (χ4n) is 2.85. The average Bonchev–Trinajstić information content (AvgIpc) is 2.58. The van der Waals surface area contributed by atoms with E-state index in [0.717, 1.165) is 36.9 Å². The highest BCUT2D eigenvalue weighted by Gasteiger charge is 2.13. The Morgan fingerprint density at radius 3 is 2.14 bits per heavy atom. The molecule has 0 atom stereocenters. The van der Waals surface area contributed by atoms with Gasteiger partial charge in [-0.25, -0.2) is 0 Å². The van der Waals surface area contributed by atoms with Gasteiger partial charge in [0, 0.05) is 0 Å². The number of rotatable bonds is 4. The van der Waals surface area contributed by atoms with Crippen LogP contribution in [0.4, 0.5) is 0 Å². The Balaban J connectivity index is 1.59. The van der Waals surface area contributed by atoms with E-state index in [9.17, 15) is 0 Å². The summed E-state index contributed by atoms with van der Waals surface area (Å²) in [6.07, 6.45) is 3.69. The third-order valence-corrected chi connectivity index (χ3v) is 4.13. The third-order valence-electron chi connectivity index (χ3n) is 4.13. The molecule has 1 saturated heterocycles. The minimum atomic E-state index is 0.643. The van der Waals surface area contributed by atoms with E-state index < -0.39 is 0 Å². The lowest BCUT2D eigenvalue weighted by Crippen LogP contribution is -2.28. The molecule has 1 heterocycles. The number of hydrogen-bond acceptors (Lipinski definition) is 3. The van der Waals surface area contributed by atoms with Crippen LogP contribution in [0.1, 0.15) is 24.0 Å². The summed E-state index contributed by atoms with van der Waals surface area (Å²) in [5.41, 5.74) is 2.02. The maximum atomic E-state index is 8.79. The number of benzene rings is 2. The van der Waals surface area contributed by atoms with Crippen LogP contribution in [0.25, 0.3) is 0 Å². The van der Waals surface area contributed by atoms with Crippen molar-refractivity contribution >= 4 is 0 Å². The normalized spacial score (nSPS) is 15.2. The first-order valence-corrected chi connectivity index (χ1v) is 7.81. The second-order valence-corrected chi connectivity index (χ2v) is 5.78. The van der Waals surface area contributed by atoms with Crippen molar-refractivity contribution in [2.24, 2.45) is 5.92 Å². The van der Waals surface area contributed by atoms with Crippen molar-refractivity contribution in [1.82, 2.24) is 5.32 Å². The van der Waals surface area contributed by atoms with Crippen LogP contribution >= 0.6 is 0 Å². The second-order valence-electron chi connectivity index (χ2n) is 5.78. The van der Waals surface area contributed by atoms with Gasteiger partial charge in [-0.05, 0) is 80.2 Å². The minimum absolute atomic E-state index is 0.643. The fourth-order valence-corrected chi connectivity index (χ4v) is 2.85. The lowest BCUT2D eigenvalue weighted by Gasteiger charge is -2.22. The molecule has 0 unspecified atom stereocenters. The van der Waals surface area contributed by atoms with Gasteiger partial charge < -0.3 is 10.1 Å². The lowest BCUT2D eigenvalue weighted by molar-refractivity contribution is 0.372. The highest BCUT2D eigenvalue weighted by atomic mass is 16.5. The molecule has 0 amide bonds. The zero-order valence-electron chi connectivity index (χ0n) is 12.6. The summed E-state index contributed by atoms with van der Waals surface area (Å²) >= 11 is 0. The van der Waals surface area contributed by atoms with E-state index in [1.165, 1.54) is 18.4 Å². The van der Waals surface area contributed by atoms with Crippen LogP contribution in [-0.4, -0.2) is 13.1 Å². The standard InChI is InChI=1S/C19H20N2O/c20-14-17-3-7-19(8-4-17)22-18-5-1-15(2-6-18)13-16-9-11-21-12-10-16/h1-8,16,21H,9-13H2. The van der Waals surface area contributed by atoms with Crippen molar-refractivity contribution < 1.29 is 4.74 Å². The third kappa shape index (κ3) is 3.87. The number of ether oxygens (including phenoxy) is 1. The Hall–Kier alpha value is -2.31. The highest BCUT2D eigenvalue weighted by Crippen LogP contribution is 2.24. The molecule has 0 aromatic heterocycles. The summed E-state index contributed by atoms with van der Waals surface area (Å²) in [4.78, 5) is 0. The molecule has 1 aliphatic rings. The number of nitriles is 1. The van der Waals surface area contributed by atoms with Gasteiger partial charge in [-0.1, -0.05) is 12.1 Å². The van der Waals surface area contributed by atoms with Gasteiger partial charge in [-0.3, -0.25) is 0 Å². The summed E-state index contributed by atoms with van der Waals surface area (Å²) in [6.45, 7) is 2.29. The van der Waals surface area contributed by atoms with Crippen LogP contribution in [0.3, 0.4) is 0 Å². The molecule has 0 bridgehead atoms. The first-order chi connectivity index (χ1) is 10.8. The summed E-state index contributed by atoms with van der Waals surface area (Å²) in [6, 6.07) is 17.6. The van der Waals surface area contributed by atoms with E-state index in [-0.39, 0.29) is 0 Å². The predicted octanol–water partition coefficient (Wildman–Crippen LogP) is 3.89. The van der Waals surface area contributed by atoms with E-state index in [0.29, 0.717) is 5.56 Å². The Labute approximate surface area is 131 Å². The van der Waals surface area contributed by atoms with Gasteiger partial charge in [-0.2, -0.15) is 5.26 Å². The van der Waals surface area contributed by atoms with Crippen LogP contribution in [0, 0.1) is 17.2 Å². The molecule has 0 spiro atoms. The van der Waals surface area contributed by atoms with Gasteiger partial charge in [0.15, 0.2) is 0 Å². The molecule has 3 heteroatoms. The van der Waals surface area contributed by atoms with E-state index in [1.54, 1.807) is 12.1 Å². The van der Waals surface area contributed by atoms with Crippen molar-refractivity contribution in [3.63, 3.8) is 0 Å². The van der Waals surface area contributed by atoms with Crippen LogP contribution < -0.4 is 10.1 Å². The molecule has 3 nitrogen and oxygen atoms in total. The summed E-state index contributed by atoms with van der Waals surface area (Å²) < 4.78 is 5.80. The van der Waals surface area contributed by atoms with E-state index in [2.05, 4.69) is 23.5 Å². The topological polar surface area (TPSA) is 45.0 Å². The van der Waals surface area contributed by atoms with Gasteiger partial charge in [0.25, 0.3) is 0 Å². The number of nitrogens with zero attached hydrogens (tertiary/aromatic N) is 1. The molecule has 0 saturated carbocycles. The maximum absolute atomic E-state index is 8.79. The Bertz CT molecular complexity index is 635. The number of piperidine rings is 1. The summed E-state index contributed by atoms with van der Waals surface area (Å²) in [5.74, 6) is 2.38. The molecule has 3 rings (SSSR count). The molecule has 2 aromatic rings. The average molecular weight is 292 g/mol. The van der Waals surface area contributed by atoms with Gasteiger partial charge >= 0.3 is 0 Å². The molecule has 1 fully saturated rings. The first-order valence-electron chi connectivity index (χ1n) is 7.81.